The minimum absolute atomic E-state index is 0. The summed E-state index contributed by atoms with van der Waals surface area (Å²) in [6.07, 6.45) is 17.1. The molecule has 3 heteroatoms. The molecule has 0 spiro atoms. The van der Waals surface area contributed by atoms with Crippen LogP contribution in [0.5, 0.6) is 0 Å². The second-order valence-electron chi connectivity index (χ2n) is 19.1. The molecule has 292 valence electrons. The quantitative estimate of drug-likeness (QED) is 0.156. The third-order valence-corrected chi connectivity index (χ3v) is 13.2. The van der Waals surface area contributed by atoms with Crippen LogP contribution in [0.3, 0.4) is 0 Å². The number of allylic oxidation sites excluding steroid dienone is 8. The number of halogens is 2. The van der Waals surface area contributed by atoms with Gasteiger partial charge >= 0.3 is 151 Å². The molecule has 0 radical (unpaired) electrons. The Bertz CT molecular complexity index is 2160. The SMILES string of the molecule is CC(C)(C)c1ccc([C](=[Zr+2])c2ccc(C(C)(C)C)cc2)cc1.CC1=CCC(C)(C)c2cc3[cH-]c4cc5c(cc4c3cc21)C(C)=CCC5(C)C.[C-]1=CC=CC1.[Cl-].[Cl-]. The van der Waals surface area contributed by atoms with Crippen molar-refractivity contribution in [3.05, 3.63) is 160 Å². The van der Waals surface area contributed by atoms with Crippen molar-refractivity contribution in [2.24, 2.45) is 0 Å². The van der Waals surface area contributed by atoms with E-state index >= 15 is 0 Å². The molecule has 0 aliphatic heterocycles. The summed E-state index contributed by atoms with van der Waals surface area (Å²) in [6.45, 7) is 27.6. The van der Waals surface area contributed by atoms with Crippen LogP contribution in [-0.4, -0.2) is 3.21 Å². The van der Waals surface area contributed by atoms with Crippen LogP contribution in [0.15, 0.2) is 109 Å². The summed E-state index contributed by atoms with van der Waals surface area (Å²) in [5, 5.41) is 5.61. The van der Waals surface area contributed by atoms with Gasteiger partial charge in [0.2, 0.25) is 0 Å². The number of hydrogen-bond acceptors (Lipinski definition) is 0. The van der Waals surface area contributed by atoms with Crippen LogP contribution in [0.2, 0.25) is 0 Å². The molecular weight excluding hydrogens is 799 g/mol. The summed E-state index contributed by atoms with van der Waals surface area (Å²) >= 11 is 1.46. The molecule has 8 rings (SSSR count). The summed E-state index contributed by atoms with van der Waals surface area (Å²) < 4.78 is 1.42. The van der Waals surface area contributed by atoms with Gasteiger partial charge in [-0.25, -0.2) is 12.2 Å². The Morgan fingerprint density at radius 3 is 1.32 bits per heavy atom. The van der Waals surface area contributed by atoms with Gasteiger partial charge in [-0.05, 0) is 59.8 Å². The molecule has 0 amide bonds. The molecule has 0 saturated carbocycles. The normalized spacial score (nSPS) is 16.2. The number of rotatable bonds is 2. The molecule has 3 aliphatic rings. The Kier molecular flexibility index (Phi) is 14.3. The molecule has 0 bridgehead atoms. The monoisotopic (exact) mass is 856 g/mol. The Labute approximate surface area is 366 Å². The summed E-state index contributed by atoms with van der Waals surface area (Å²) in [5.41, 5.74) is 15.1. The van der Waals surface area contributed by atoms with Gasteiger partial charge in [0.05, 0.1) is 0 Å². The van der Waals surface area contributed by atoms with Crippen molar-refractivity contribution in [3.63, 3.8) is 0 Å². The third kappa shape index (κ3) is 9.83. The minimum Gasteiger partial charge on any atom is -1.00 e. The van der Waals surface area contributed by atoms with E-state index in [0.717, 1.165) is 19.3 Å². The average Bonchev–Trinajstić information content (AvgIpc) is 3.82. The van der Waals surface area contributed by atoms with Crippen LogP contribution in [0.4, 0.5) is 0 Å². The second kappa shape index (κ2) is 17.5. The van der Waals surface area contributed by atoms with Gasteiger partial charge in [-0.1, -0.05) is 63.1 Å². The van der Waals surface area contributed by atoms with Crippen LogP contribution in [-0.2, 0) is 45.9 Å². The summed E-state index contributed by atoms with van der Waals surface area (Å²) in [5.74, 6) is 0. The molecule has 5 aromatic rings. The maximum Gasteiger partial charge on any atom is -0.0133 e. The second-order valence-corrected chi connectivity index (χ2v) is 20.3. The zero-order valence-corrected chi connectivity index (χ0v) is 39.7. The van der Waals surface area contributed by atoms with Gasteiger partial charge in [-0.3, -0.25) is 6.08 Å². The first kappa shape index (κ1) is 45.7. The zero-order valence-electron chi connectivity index (χ0n) is 35.8. The van der Waals surface area contributed by atoms with Crippen LogP contribution < -0.4 is 24.8 Å². The van der Waals surface area contributed by atoms with Crippen LogP contribution in [0.25, 0.3) is 32.7 Å². The van der Waals surface area contributed by atoms with Gasteiger partial charge in [-0.15, -0.1) is 46.2 Å². The third-order valence-electron chi connectivity index (χ3n) is 11.8. The first-order valence-electron chi connectivity index (χ1n) is 19.8. The van der Waals surface area contributed by atoms with E-state index in [1.807, 2.05) is 12.2 Å². The number of benzene rings is 4. The predicted molar refractivity (Wildman–Crippen MR) is 235 cm³/mol. The van der Waals surface area contributed by atoms with E-state index in [-0.39, 0.29) is 46.5 Å². The molecule has 3 aliphatic carbocycles. The summed E-state index contributed by atoms with van der Waals surface area (Å²) in [4.78, 5) is 0. The van der Waals surface area contributed by atoms with Crippen molar-refractivity contribution in [1.29, 1.82) is 0 Å². The Balaban J connectivity index is 0.000000218. The minimum atomic E-state index is 0. The Morgan fingerprint density at radius 2 is 1.02 bits per heavy atom. The van der Waals surface area contributed by atoms with E-state index in [4.69, 9.17) is 0 Å². The molecule has 0 saturated heterocycles. The number of hydrogen-bond donors (Lipinski definition) is 0. The molecule has 0 N–H and O–H groups in total. The molecule has 0 unspecified atom stereocenters. The van der Waals surface area contributed by atoms with Crippen LogP contribution >= 0.6 is 0 Å². The van der Waals surface area contributed by atoms with Gasteiger partial charge in [0.15, 0.2) is 0 Å². The molecule has 0 nitrogen and oxygen atoms in total. The van der Waals surface area contributed by atoms with Crippen molar-refractivity contribution >= 4 is 35.9 Å². The zero-order chi connectivity index (χ0) is 39.2. The van der Waals surface area contributed by atoms with Gasteiger partial charge in [0.25, 0.3) is 0 Å². The van der Waals surface area contributed by atoms with Crippen molar-refractivity contribution in [2.45, 2.75) is 124 Å². The number of fused-ring (bicyclic) bond motifs is 5. The maximum absolute atomic E-state index is 2.99. The fourth-order valence-electron chi connectivity index (χ4n) is 7.92. The molecule has 0 aromatic heterocycles. The van der Waals surface area contributed by atoms with Crippen molar-refractivity contribution < 1.29 is 49.0 Å². The molecule has 56 heavy (non-hydrogen) atoms. The first-order chi connectivity index (χ1) is 25.3. The molecule has 0 fully saturated rings. The molecular formula is C53H60Cl2Zr-2. The summed E-state index contributed by atoms with van der Waals surface area (Å²) in [7, 11) is 0. The molecule has 0 atom stereocenters. The van der Waals surface area contributed by atoms with Crippen molar-refractivity contribution in [2.75, 3.05) is 0 Å². The predicted octanol–water partition coefficient (Wildman–Crippen LogP) is 8.59. The van der Waals surface area contributed by atoms with E-state index < -0.39 is 0 Å². The van der Waals surface area contributed by atoms with Gasteiger partial charge < -0.3 is 24.8 Å². The Morgan fingerprint density at radius 1 is 0.625 bits per heavy atom. The molecule has 5 aromatic carbocycles. The smallest absolute Gasteiger partial charge is 0.0133 e. The van der Waals surface area contributed by atoms with E-state index in [1.165, 1.54) is 105 Å². The van der Waals surface area contributed by atoms with E-state index in [0.29, 0.717) is 0 Å². The van der Waals surface area contributed by atoms with Gasteiger partial charge in [0.1, 0.15) is 0 Å². The van der Waals surface area contributed by atoms with Crippen molar-refractivity contribution in [1.82, 2.24) is 0 Å². The maximum atomic E-state index is 2.99. The van der Waals surface area contributed by atoms with E-state index in [2.05, 4.69) is 186 Å². The standard InChI is InChI=1S/C27H29.C21H26.C5H5.2ClH.Zr/c1-16-7-9-26(3,4)24-12-18-11-19-13-25-21(17(2)8-10-27(25,5)6)15-23(19)22(18)14-20(16)24;1-20(2,3)18-11-7-16(8-12-18)15-17-9-13-19(14-10-17)21(4,5)6;1-2-4-5-3-1;;;/h7-8,11-15H,9-10H2,1-6H3;7-14H,1-6H3;1-3H,4H2;2*1H;/q-1;;-1;;;+2/p-2. The average molecular weight is 859 g/mol. The Hall–Kier alpha value is -2.96. The van der Waals surface area contributed by atoms with E-state index in [1.54, 1.807) is 0 Å². The van der Waals surface area contributed by atoms with Gasteiger partial charge in [0, 0.05) is 0 Å². The summed E-state index contributed by atoms with van der Waals surface area (Å²) in [6, 6.07) is 30.4. The van der Waals surface area contributed by atoms with Crippen molar-refractivity contribution in [3.8, 4) is 0 Å². The topological polar surface area (TPSA) is 0 Å². The van der Waals surface area contributed by atoms with Crippen LogP contribution in [0, 0.1) is 6.08 Å². The van der Waals surface area contributed by atoms with E-state index in [9.17, 15) is 0 Å². The largest absolute Gasteiger partial charge is 1.00 e. The van der Waals surface area contributed by atoms with Crippen LogP contribution in [0.1, 0.15) is 147 Å². The fourth-order valence-corrected chi connectivity index (χ4v) is 8.73. The molecule has 0 heterocycles. The van der Waals surface area contributed by atoms with Gasteiger partial charge in [-0.2, -0.15) is 6.08 Å². The fraction of sp³-hybridized carbons (Fsp3) is 0.358. The first-order valence-corrected chi connectivity index (χ1v) is 21.1.